The summed E-state index contributed by atoms with van der Waals surface area (Å²) in [6.07, 6.45) is -1.66. The van der Waals surface area contributed by atoms with Crippen LogP contribution in [0.25, 0.3) is 11.2 Å². The van der Waals surface area contributed by atoms with Gasteiger partial charge in [-0.3, -0.25) is 4.57 Å². The number of aliphatic hydroxyl groups is 1. The van der Waals surface area contributed by atoms with Gasteiger partial charge in [-0.2, -0.15) is 14.4 Å². The average molecular weight is 271 g/mol. The monoisotopic (exact) mass is 271 g/mol. The summed E-state index contributed by atoms with van der Waals surface area (Å²) in [4.78, 5) is 11.0. The Morgan fingerprint density at radius 2 is 2.32 bits per heavy atom. The summed E-state index contributed by atoms with van der Waals surface area (Å²) in [6.45, 7) is -0.283. The maximum absolute atomic E-state index is 13.9. The van der Waals surface area contributed by atoms with Gasteiger partial charge in [0.25, 0.3) is 0 Å². The topological polar surface area (TPSA) is 99.1 Å². The average Bonchev–Trinajstić information content (AvgIpc) is 2.92. The van der Waals surface area contributed by atoms with Crippen LogP contribution in [0.2, 0.25) is 0 Å². The number of rotatable bonds is 2. The lowest BCUT2D eigenvalue weighted by Gasteiger charge is -2.15. The fourth-order valence-electron chi connectivity index (χ4n) is 2.15. The molecule has 0 saturated carbocycles. The van der Waals surface area contributed by atoms with E-state index in [9.17, 15) is 8.78 Å². The summed E-state index contributed by atoms with van der Waals surface area (Å²) in [7, 11) is 0. The Kier molecular flexibility index (Phi) is 2.79. The van der Waals surface area contributed by atoms with E-state index in [0.29, 0.717) is 0 Å². The molecular formula is C10H11F2N5O2. The summed E-state index contributed by atoms with van der Waals surface area (Å²) in [5.41, 5.74) is 5.33. The Bertz CT molecular complexity index is 619. The van der Waals surface area contributed by atoms with E-state index in [2.05, 4.69) is 15.0 Å². The first-order valence-electron chi connectivity index (χ1n) is 5.66. The molecule has 1 fully saturated rings. The van der Waals surface area contributed by atoms with Gasteiger partial charge < -0.3 is 15.6 Å². The first kappa shape index (κ1) is 12.2. The van der Waals surface area contributed by atoms with Crippen LogP contribution in [0.1, 0.15) is 12.6 Å². The Labute approximate surface area is 106 Å². The minimum Gasteiger partial charge on any atom is -0.394 e. The molecule has 0 aromatic carbocycles. The molecule has 0 unspecified atom stereocenters. The summed E-state index contributed by atoms with van der Waals surface area (Å²) in [5, 5.41) is 8.98. The number of hydrogen-bond donors (Lipinski definition) is 2. The van der Waals surface area contributed by atoms with Crippen molar-refractivity contribution in [2.75, 3.05) is 12.3 Å². The second-order valence-electron chi connectivity index (χ2n) is 4.28. The van der Waals surface area contributed by atoms with Crippen molar-refractivity contribution in [1.82, 2.24) is 19.5 Å². The number of fused-ring (bicyclic) bond motifs is 1. The van der Waals surface area contributed by atoms with Crippen LogP contribution in [0, 0.1) is 5.95 Å². The Hall–Kier alpha value is -1.87. The van der Waals surface area contributed by atoms with Crippen molar-refractivity contribution >= 4 is 17.1 Å². The number of aromatic nitrogens is 4. The molecule has 1 aliphatic rings. The van der Waals surface area contributed by atoms with Crippen molar-refractivity contribution in [3.63, 3.8) is 0 Å². The van der Waals surface area contributed by atoms with Gasteiger partial charge in [0.2, 0.25) is 11.9 Å². The van der Waals surface area contributed by atoms with Crippen LogP contribution < -0.4 is 5.73 Å². The van der Waals surface area contributed by atoms with Crippen LogP contribution in [0.15, 0.2) is 6.33 Å². The fourth-order valence-corrected chi connectivity index (χ4v) is 2.15. The number of nitrogens with zero attached hydrogens (tertiary/aromatic N) is 4. The third kappa shape index (κ3) is 1.90. The number of nitrogens with two attached hydrogens (primary N) is 1. The van der Waals surface area contributed by atoms with Crippen LogP contribution in [-0.4, -0.2) is 43.5 Å². The van der Waals surface area contributed by atoms with E-state index >= 15 is 0 Å². The molecule has 0 aliphatic carbocycles. The molecule has 3 heterocycles. The van der Waals surface area contributed by atoms with Gasteiger partial charge in [-0.25, -0.2) is 9.37 Å². The quantitative estimate of drug-likeness (QED) is 0.755. The Morgan fingerprint density at radius 3 is 3.00 bits per heavy atom. The first-order valence-corrected chi connectivity index (χ1v) is 5.66. The SMILES string of the molecule is Nc1nc(F)c2ncn([C@@H]3O[C@H](CO)C[C@H]3F)c2n1. The predicted octanol–water partition coefficient (Wildman–Crippen LogP) is 0.165. The van der Waals surface area contributed by atoms with Crippen LogP contribution >= 0.6 is 0 Å². The highest BCUT2D eigenvalue weighted by Gasteiger charge is 2.37. The number of halogens is 2. The lowest BCUT2D eigenvalue weighted by molar-refractivity contribution is -0.0351. The molecule has 3 N–H and O–H groups in total. The lowest BCUT2D eigenvalue weighted by Crippen LogP contribution is -2.17. The lowest BCUT2D eigenvalue weighted by atomic mass is 10.2. The smallest absolute Gasteiger partial charge is 0.245 e. The highest BCUT2D eigenvalue weighted by molar-refractivity contribution is 5.71. The van der Waals surface area contributed by atoms with Crippen molar-refractivity contribution in [3.8, 4) is 0 Å². The second kappa shape index (κ2) is 4.35. The Morgan fingerprint density at radius 1 is 1.53 bits per heavy atom. The second-order valence-corrected chi connectivity index (χ2v) is 4.28. The summed E-state index contributed by atoms with van der Waals surface area (Å²) in [5.74, 6) is -1.13. The maximum atomic E-state index is 13.9. The van der Waals surface area contributed by atoms with E-state index < -0.39 is 24.5 Å². The molecule has 3 atom stereocenters. The van der Waals surface area contributed by atoms with E-state index in [4.69, 9.17) is 15.6 Å². The van der Waals surface area contributed by atoms with Crippen LogP contribution in [0.5, 0.6) is 0 Å². The number of nitrogen functional groups attached to an aromatic ring is 1. The zero-order chi connectivity index (χ0) is 13.6. The molecule has 7 nitrogen and oxygen atoms in total. The minimum absolute atomic E-state index is 0.0594. The van der Waals surface area contributed by atoms with Crippen molar-refractivity contribution < 1.29 is 18.6 Å². The number of anilines is 1. The molecule has 1 aliphatic heterocycles. The highest BCUT2D eigenvalue weighted by atomic mass is 19.1. The van der Waals surface area contributed by atoms with Gasteiger partial charge >= 0.3 is 0 Å². The molecule has 2 aromatic rings. The van der Waals surface area contributed by atoms with Gasteiger partial charge in [0.05, 0.1) is 19.0 Å². The third-order valence-corrected chi connectivity index (χ3v) is 3.00. The van der Waals surface area contributed by atoms with Crippen LogP contribution in [-0.2, 0) is 4.74 Å². The zero-order valence-electron chi connectivity index (χ0n) is 9.70. The number of aliphatic hydroxyl groups excluding tert-OH is 1. The molecule has 3 rings (SSSR count). The molecule has 102 valence electrons. The molecule has 19 heavy (non-hydrogen) atoms. The van der Waals surface area contributed by atoms with Crippen molar-refractivity contribution in [1.29, 1.82) is 0 Å². The predicted molar refractivity (Wildman–Crippen MR) is 60.2 cm³/mol. The summed E-state index contributed by atoms with van der Waals surface area (Å²) < 4.78 is 34.0. The molecular weight excluding hydrogens is 260 g/mol. The van der Waals surface area contributed by atoms with Gasteiger partial charge in [-0.05, 0) is 0 Å². The number of imidazole rings is 1. The largest absolute Gasteiger partial charge is 0.394 e. The van der Waals surface area contributed by atoms with Crippen molar-refractivity contribution in [3.05, 3.63) is 12.3 Å². The normalized spacial score (nSPS) is 27.2. The Balaban J connectivity index is 2.06. The zero-order valence-corrected chi connectivity index (χ0v) is 9.70. The summed E-state index contributed by atoms with van der Waals surface area (Å²) in [6, 6.07) is 0. The molecule has 1 saturated heterocycles. The molecule has 9 heteroatoms. The van der Waals surface area contributed by atoms with Gasteiger partial charge in [0.1, 0.15) is 6.17 Å². The molecule has 2 aromatic heterocycles. The first-order chi connectivity index (χ1) is 9.10. The number of alkyl halides is 1. The standard InChI is InChI=1S/C10H11F2N5O2/c11-5-1-4(2-18)19-9(5)17-3-14-6-7(12)15-10(13)16-8(6)17/h3-5,9,18H,1-2H2,(H2,13,15,16)/t4-,5+,9+/m0/s1. The van der Waals surface area contributed by atoms with Crippen LogP contribution in [0.4, 0.5) is 14.7 Å². The number of hydrogen-bond acceptors (Lipinski definition) is 6. The van der Waals surface area contributed by atoms with Crippen LogP contribution in [0.3, 0.4) is 0 Å². The number of ether oxygens (including phenoxy) is 1. The molecule has 0 spiro atoms. The molecule has 0 amide bonds. The minimum atomic E-state index is -1.34. The molecule has 0 bridgehead atoms. The van der Waals surface area contributed by atoms with E-state index in [1.165, 1.54) is 10.9 Å². The third-order valence-electron chi connectivity index (χ3n) is 3.00. The van der Waals surface area contributed by atoms with E-state index in [1.807, 2.05) is 0 Å². The molecule has 0 radical (unpaired) electrons. The van der Waals surface area contributed by atoms with Gasteiger partial charge in [0.15, 0.2) is 17.4 Å². The van der Waals surface area contributed by atoms with Gasteiger partial charge in [0, 0.05) is 6.42 Å². The van der Waals surface area contributed by atoms with E-state index in [0.717, 1.165) is 0 Å². The fraction of sp³-hybridized carbons (Fsp3) is 0.500. The van der Waals surface area contributed by atoms with Gasteiger partial charge in [-0.1, -0.05) is 0 Å². The van der Waals surface area contributed by atoms with Gasteiger partial charge in [-0.15, -0.1) is 0 Å². The van der Waals surface area contributed by atoms with E-state index in [1.54, 1.807) is 0 Å². The van der Waals surface area contributed by atoms with Crippen molar-refractivity contribution in [2.24, 2.45) is 0 Å². The highest BCUT2D eigenvalue weighted by Crippen LogP contribution is 2.33. The van der Waals surface area contributed by atoms with E-state index in [-0.39, 0.29) is 30.1 Å². The van der Waals surface area contributed by atoms with Crippen molar-refractivity contribution in [2.45, 2.75) is 24.9 Å². The summed E-state index contributed by atoms with van der Waals surface area (Å²) >= 11 is 0. The maximum Gasteiger partial charge on any atom is 0.245 e.